The molecule has 2 aliphatic heterocycles. The molecule has 35 heavy (non-hydrogen) atoms. The number of aromatic nitrogens is 2. The molecule has 0 saturated carbocycles. The highest BCUT2D eigenvalue weighted by Gasteiger charge is 2.44. The highest BCUT2D eigenvalue weighted by Crippen LogP contribution is 2.39. The molecule has 8 nitrogen and oxygen atoms in total. The number of carbonyl (C=O) groups is 2. The standard InChI is InChI=1S/C26H27FN4O4/c1-16-4-3-9-30-21(17(2)28-25(16)30)23(32)20-22(18-5-7-19(27)8-6-18)31(26(34)24(20)33)11-10-29-12-14-35-15-13-29/h3-9,22,32H,10-15H2,1-2H3. The molecule has 3 aromatic rings. The lowest BCUT2D eigenvalue weighted by molar-refractivity contribution is -0.907. The van der Waals surface area contributed by atoms with Crippen molar-refractivity contribution in [3.05, 3.63) is 76.5 Å². The average molecular weight is 479 g/mol. The molecule has 2 aromatic heterocycles. The molecular weight excluding hydrogens is 451 g/mol. The Kier molecular flexibility index (Phi) is 6.12. The van der Waals surface area contributed by atoms with Gasteiger partial charge in [0.2, 0.25) is 5.78 Å². The molecule has 1 amide bonds. The van der Waals surface area contributed by atoms with E-state index >= 15 is 0 Å². The van der Waals surface area contributed by atoms with E-state index in [2.05, 4.69) is 4.98 Å². The van der Waals surface area contributed by atoms with Crippen molar-refractivity contribution in [3.8, 4) is 0 Å². The Balaban J connectivity index is 1.62. The highest BCUT2D eigenvalue weighted by molar-refractivity contribution is 6.46. The number of fused-ring (bicyclic) bond motifs is 1. The third-order valence-electron chi connectivity index (χ3n) is 6.86. The maximum absolute atomic E-state index is 13.9. The number of morpholine rings is 1. The maximum atomic E-state index is 13.9. The molecule has 1 unspecified atom stereocenters. The van der Waals surface area contributed by atoms with Gasteiger partial charge in [0.25, 0.3) is 5.91 Å². The van der Waals surface area contributed by atoms with Gasteiger partial charge >= 0.3 is 0 Å². The van der Waals surface area contributed by atoms with Gasteiger partial charge in [0.1, 0.15) is 24.6 Å². The van der Waals surface area contributed by atoms with Crippen molar-refractivity contribution in [2.45, 2.75) is 19.9 Å². The van der Waals surface area contributed by atoms with Crippen LogP contribution in [-0.4, -0.2) is 65.4 Å². The highest BCUT2D eigenvalue weighted by atomic mass is 19.1. The SMILES string of the molecule is Cc1nc2c(C)cccn2c1C([O-])=C1C(=O)C(=O)N(CC[NH+]2CCOCC2)C1c1ccc(F)cc1. The summed E-state index contributed by atoms with van der Waals surface area (Å²) >= 11 is 0. The van der Waals surface area contributed by atoms with Gasteiger partial charge < -0.3 is 24.0 Å². The number of ether oxygens (including phenoxy) is 1. The monoisotopic (exact) mass is 478 g/mol. The van der Waals surface area contributed by atoms with Gasteiger partial charge in [-0.1, -0.05) is 24.0 Å². The molecule has 4 heterocycles. The second-order valence-electron chi connectivity index (χ2n) is 9.07. The first-order valence-electron chi connectivity index (χ1n) is 11.7. The molecule has 1 N–H and O–H groups in total. The number of quaternary nitrogens is 1. The quantitative estimate of drug-likeness (QED) is 0.322. The topological polar surface area (TPSA) is 91.4 Å². The summed E-state index contributed by atoms with van der Waals surface area (Å²) in [5.41, 5.74) is 2.65. The van der Waals surface area contributed by atoms with Crippen molar-refractivity contribution in [1.29, 1.82) is 0 Å². The number of Topliss-reactive ketones (excluding diaryl/α,β-unsaturated/α-hetero) is 1. The summed E-state index contributed by atoms with van der Waals surface area (Å²) in [5.74, 6) is -2.49. The Morgan fingerprint density at radius 2 is 1.89 bits per heavy atom. The van der Waals surface area contributed by atoms with Crippen LogP contribution in [0.2, 0.25) is 0 Å². The van der Waals surface area contributed by atoms with Crippen LogP contribution in [0.1, 0.15) is 28.6 Å². The Hall–Kier alpha value is -3.56. The molecule has 0 bridgehead atoms. The number of nitrogens with one attached hydrogen (secondary N) is 1. The van der Waals surface area contributed by atoms with Crippen LogP contribution in [-0.2, 0) is 14.3 Å². The fraction of sp³-hybridized carbons (Fsp3) is 0.346. The molecule has 0 aliphatic carbocycles. The fourth-order valence-corrected chi connectivity index (χ4v) is 5.00. The van der Waals surface area contributed by atoms with Gasteiger partial charge in [-0.25, -0.2) is 9.37 Å². The zero-order valence-corrected chi connectivity index (χ0v) is 19.7. The predicted octanol–water partition coefficient (Wildman–Crippen LogP) is 0.229. The summed E-state index contributed by atoms with van der Waals surface area (Å²) in [5, 5.41) is 13.9. The fourth-order valence-electron chi connectivity index (χ4n) is 5.00. The molecule has 1 atom stereocenters. The van der Waals surface area contributed by atoms with Crippen LogP contribution in [0.3, 0.4) is 0 Å². The largest absolute Gasteiger partial charge is 0.871 e. The number of benzene rings is 1. The lowest BCUT2D eigenvalue weighted by Gasteiger charge is -2.30. The number of ketones is 1. The molecule has 2 saturated heterocycles. The zero-order valence-electron chi connectivity index (χ0n) is 19.7. The minimum atomic E-state index is -0.890. The number of nitrogens with zero attached hydrogens (tertiary/aromatic N) is 3. The van der Waals surface area contributed by atoms with E-state index in [1.807, 2.05) is 13.0 Å². The molecular formula is C26H27FN4O4. The molecule has 1 aromatic carbocycles. The summed E-state index contributed by atoms with van der Waals surface area (Å²) in [6, 6.07) is 8.42. The van der Waals surface area contributed by atoms with E-state index < -0.39 is 29.3 Å². The minimum absolute atomic E-state index is 0.120. The van der Waals surface area contributed by atoms with Gasteiger partial charge in [-0.3, -0.25) is 9.59 Å². The third kappa shape index (κ3) is 4.11. The number of hydrogen-bond donors (Lipinski definition) is 1. The van der Waals surface area contributed by atoms with Crippen LogP contribution >= 0.6 is 0 Å². The van der Waals surface area contributed by atoms with Crippen molar-refractivity contribution >= 4 is 23.1 Å². The van der Waals surface area contributed by atoms with E-state index in [0.29, 0.717) is 43.2 Å². The first-order chi connectivity index (χ1) is 16.9. The molecule has 2 aliphatic rings. The van der Waals surface area contributed by atoms with Crippen molar-refractivity contribution in [1.82, 2.24) is 14.3 Å². The van der Waals surface area contributed by atoms with E-state index in [0.717, 1.165) is 18.7 Å². The molecule has 0 spiro atoms. The number of carbonyl (C=O) groups excluding carboxylic acids is 2. The number of pyridine rings is 1. The second-order valence-corrected chi connectivity index (χ2v) is 9.07. The van der Waals surface area contributed by atoms with Gasteiger partial charge in [-0.15, -0.1) is 0 Å². The maximum Gasteiger partial charge on any atom is 0.295 e. The van der Waals surface area contributed by atoms with E-state index in [1.54, 1.807) is 23.6 Å². The van der Waals surface area contributed by atoms with Crippen LogP contribution in [0, 0.1) is 19.7 Å². The lowest BCUT2D eigenvalue weighted by Crippen LogP contribution is -3.14. The number of likely N-dealkylation sites (tertiary alicyclic amines) is 1. The van der Waals surface area contributed by atoms with Gasteiger partial charge in [0.05, 0.1) is 43.7 Å². The normalized spacial score (nSPS) is 20.8. The van der Waals surface area contributed by atoms with Gasteiger partial charge in [-0.2, -0.15) is 0 Å². The Bertz CT molecular complexity index is 1330. The van der Waals surface area contributed by atoms with Gasteiger partial charge in [0, 0.05) is 11.8 Å². The number of amides is 1. The number of hydrogen-bond acceptors (Lipinski definition) is 5. The number of aryl methyl sites for hydroxylation is 2. The Morgan fingerprint density at radius 3 is 2.60 bits per heavy atom. The van der Waals surface area contributed by atoms with Crippen molar-refractivity contribution in [2.24, 2.45) is 0 Å². The number of rotatable bonds is 5. The first-order valence-corrected chi connectivity index (χ1v) is 11.7. The van der Waals surface area contributed by atoms with Crippen LogP contribution < -0.4 is 10.0 Å². The van der Waals surface area contributed by atoms with Crippen molar-refractivity contribution < 1.29 is 28.7 Å². The van der Waals surface area contributed by atoms with Crippen LogP contribution in [0.15, 0.2) is 48.2 Å². The van der Waals surface area contributed by atoms with E-state index in [-0.39, 0.29) is 11.3 Å². The summed E-state index contributed by atoms with van der Waals surface area (Å²) in [7, 11) is 0. The van der Waals surface area contributed by atoms with Gasteiger partial charge in [0.15, 0.2) is 0 Å². The average Bonchev–Trinajstić information content (AvgIpc) is 3.33. The summed E-state index contributed by atoms with van der Waals surface area (Å²) in [6.45, 7) is 7.44. The summed E-state index contributed by atoms with van der Waals surface area (Å²) < 4.78 is 20.8. The van der Waals surface area contributed by atoms with Crippen molar-refractivity contribution in [2.75, 3.05) is 39.4 Å². The molecule has 9 heteroatoms. The van der Waals surface area contributed by atoms with E-state index in [4.69, 9.17) is 4.74 Å². The number of halogens is 1. The number of imidazole rings is 1. The van der Waals surface area contributed by atoms with E-state index in [1.165, 1.54) is 34.1 Å². The second kappa shape index (κ2) is 9.24. The minimum Gasteiger partial charge on any atom is -0.871 e. The molecule has 182 valence electrons. The van der Waals surface area contributed by atoms with E-state index in [9.17, 15) is 19.1 Å². The van der Waals surface area contributed by atoms with Crippen molar-refractivity contribution in [3.63, 3.8) is 0 Å². The molecule has 0 radical (unpaired) electrons. The predicted molar refractivity (Wildman–Crippen MR) is 124 cm³/mol. The lowest BCUT2D eigenvalue weighted by atomic mass is 9.96. The van der Waals surface area contributed by atoms with Crippen LogP contribution in [0.5, 0.6) is 0 Å². The molecule has 2 fully saturated rings. The first kappa shape index (κ1) is 23.2. The Labute approximate surface area is 202 Å². The molecule has 5 rings (SSSR count). The van der Waals surface area contributed by atoms with Crippen LogP contribution in [0.25, 0.3) is 11.4 Å². The van der Waals surface area contributed by atoms with Crippen LogP contribution in [0.4, 0.5) is 4.39 Å². The Morgan fingerprint density at radius 1 is 1.17 bits per heavy atom. The zero-order chi connectivity index (χ0) is 24.7. The third-order valence-corrected chi connectivity index (χ3v) is 6.86. The summed E-state index contributed by atoms with van der Waals surface area (Å²) in [6.07, 6.45) is 1.73. The van der Waals surface area contributed by atoms with Gasteiger partial charge in [-0.05, 0) is 43.2 Å². The summed E-state index contributed by atoms with van der Waals surface area (Å²) in [4.78, 5) is 33.7. The smallest absolute Gasteiger partial charge is 0.295 e.